The number of para-hydroxylation sites is 1. The molecule has 98 valence electrons. The van der Waals surface area contributed by atoms with E-state index in [1.165, 1.54) is 0 Å². The maximum Gasteiger partial charge on any atom is 0.274 e. The van der Waals surface area contributed by atoms with Crippen LogP contribution in [0.15, 0.2) is 36.5 Å². The zero-order chi connectivity index (χ0) is 13.8. The van der Waals surface area contributed by atoms with Gasteiger partial charge in [-0.3, -0.25) is 9.78 Å². The normalized spacial score (nSPS) is 10.3. The van der Waals surface area contributed by atoms with E-state index in [9.17, 15) is 4.79 Å². The number of hydrogen-bond acceptors (Lipinski definition) is 3. The van der Waals surface area contributed by atoms with E-state index in [2.05, 4.69) is 10.3 Å². The highest BCUT2D eigenvalue weighted by Crippen LogP contribution is 2.20. The first-order valence-corrected chi connectivity index (χ1v) is 6.14. The van der Waals surface area contributed by atoms with Gasteiger partial charge in [-0.25, -0.2) is 0 Å². The molecule has 0 bridgehead atoms. The third-order valence-corrected chi connectivity index (χ3v) is 3.01. The number of carbonyl (C=O) groups is 1. The van der Waals surface area contributed by atoms with Crippen molar-refractivity contribution >= 4 is 11.6 Å². The summed E-state index contributed by atoms with van der Waals surface area (Å²) in [5.41, 5.74) is 9.71. The van der Waals surface area contributed by atoms with E-state index in [1.807, 2.05) is 38.1 Å². The van der Waals surface area contributed by atoms with Crippen molar-refractivity contribution in [3.8, 4) is 0 Å². The van der Waals surface area contributed by atoms with Crippen molar-refractivity contribution in [2.24, 2.45) is 5.73 Å². The van der Waals surface area contributed by atoms with E-state index in [4.69, 9.17) is 5.73 Å². The number of carbonyl (C=O) groups excluding carboxylic acids is 1. The number of rotatable bonds is 3. The zero-order valence-electron chi connectivity index (χ0n) is 11.1. The van der Waals surface area contributed by atoms with E-state index in [1.54, 1.807) is 12.3 Å². The first-order valence-electron chi connectivity index (χ1n) is 6.14. The number of nitrogens with zero attached hydrogens (tertiary/aromatic N) is 1. The molecular weight excluding hydrogens is 238 g/mol. The van der Waals surface area contributed by atoms with Crippen LogP contribution in [0.5, 0.6) is 0 Å². The highest BCUT2D eigenvalue weighted by atomic mass is 16.1. The van der Waals surface area contributed by atoms with E-state index < -0.39 is 0 Å². The number of amides is 1. The van der Waals surface area contributed by atoms with Crippen molar-refractivity contribution in [3.63, 3.8) is 0 Å². The molecular formula is C15H17N3O. The standard InChI is InChI=1S/C15H17N3O/c1-10-4-3-5-11(2)14(10)18-15(19)13-7-6-12(8-16)9-17-13/h3-7,9H,8,16H2,1-2H3,(H,18,19). The molecule has 4 heteroatoms. The fraction of sp³-hybridized carbons (Fsp3) is 0.200. The summed E-state index contributed by atoms with van der Waals surface area (Å²) in [5.74, 6) is -0.207. The van der Waals surface area contributed by atoms with Crippen molar-refractivity contribution in [1.82, 2.24) is 4.98 Å². The minimum atomic E-state index is -0.207. The fourth-order valence-corrected chi connectivity index (χ4v) is 1.87. The zero-order valence-corrected chi connectivity index (χ0v) is 11.1. The van der Waals surface area contributed by atoms with Crippen LogP contribution in [0.3, 0.4) is 0 Å². The lowest BCUT2D eigenvalue weighted by Gasteiger charge is -2.11. The summed E-state index contributed by atoms with van der Waals surface area (Å²) in [5, 5.41) is 2.90. The Morgan fingerprint density at radius 3 is 2.42 bits per heavy atom. The molecule has 0 aliphatic heterocycles. The molecule has 4 nitrogen and oxygen atoms in total. The molecule has 19 heavy (non-hydrogen) atoms. The SMILES string of the molecule is Cc1cccc(C)c1NC(=O)c1ccc(CN)cn1. The van der Waals surface area contributed by atoms with Crippen LogP contribution in [0.2, 0.25) is 0 Å². The van der Waals surface area contributed by atoms with Crippen LogP contribution < -0.4 is 11.1 Å². The van der Waals surface area contributed by atoms with Gasteiger partial charge >= 0.3 is 0 Å². The van der Waals surface area contributed by atoms with Gasteiger partial charge in [0.05, 0.1) is 0 Å². The van der Waals surface area contributed by atoms with Gasteiger partial charge in [-0.15, -0.1) is 0 Å². The molecule has 1 aromatic heterocycles. The van der Waals surface area contributed by atoms with E-state index in [0.717, 1.165) is 22.4 Å². The first-order chi connectivity index (χ1) is 9.11. The highest BCUT2D eigenvalue weighted by molar-refractivity contribution is 6.03. The molecule has 0 unspecified atom stereocenters. The summed E-state index contributed by atoms with van der Waals surface area (Å²) in [7, 11) is 0. The van der Waals surface area contributed by atoms with Crippen LogP contribution in [0.25, 0.3) is 0 Å². The number of nitrogens with one attached hydrogen (secondary N) is 1. The number of benzene rings is 1. The smallest absolute Gasteiger partial charge is 0.274 e. The Labute approximate surface area is 112 Å². The molecule has 3 N–H and O–H groups in total. The lowest BCUT2D eigenvalue weighted by Crippen LogP contribution is -2.15. The van der Waals surface area contributed by atoms with Gasteiger partial charge < -0.3 is 11.1 Å². The molecule has 0 saturated carbocycles. The van der Waals surface area contributed by atoms with Gasteiger partial charge in [0.2, 0.25) is 0 Å². The number of nitrogens with two attached hydrogens (primary N) is 1. The molecule has 0 aliphatic carbocycles. The third-order valence-electron chi connectivity index (χ3n) is 3.01. The second-order valence-corrected chi connectivity index (χ2v) is 4.48. The van der Waals surface area contributed by atoms with Crippen LogP contribution in [0.4, 0.5) is 5.69 Å². The van der Waals surface area contributed by atoms with E-state index >= 15 is 0 Å². The predicted octanol–water partition coefficient (Wildman–Crippen LogP) is 2.41. The topological polar surface area (TPSA) is 68.0 Å². The van der Waals surface area contributed by atoms with Crippen molar-refractivity contribution in [2.75, 3.05) is 5.32 Å². The van der Waals surface area contributed by atoms with Crippen LogP contribution in [0, 0.1) is 13.8 Å². The molecule has 0 saturated heterocycles. The quantitative estimate of drug-likeness (QED) is 0.885. The number of anilines is 1. The molecule has 2 aromatic rings. The van der Waals surface area contributed by atoms with Crippen molar-refractivity contribution < 1.29 is 4.79 Å². The van der Waals surface area contributed by atoms with Crippen LogP contribution >= 0.6 is 0 Å². The molecule has 1 heterocycles. The second kappa shape index (κ2) is 5.63. The van der Waals surface area contributed by atoms with Gasteiger partial charge in [-0.1, -0.05) is 24.3 Å². The molecule has 1 aromatic carbocycles. The Bertz CT molecular complexity index is 571. The van der Waals surface area contributed by atoms with Gasteiger partial charge in [0, 0.05) is 18.4 Å². The molecule has 0 radical (unpaired) electrons. The van der Waals surface area contributed by atoms with E-state index in [0.29, 0.717) is 12.2 Å². The van der Waals surface area contributed by atoms with Crippen LogP contribution in [0.1, 0.15) is 27.2 Å². The van der Waals surface area contributed by atoms with Gasteiger partial charge in [-0.05, 0) is 36.6 Å². The molecule has 2 rings (SSSR count). The molecule has 0 aliphatic rings. The lowest BCUT2D eigenvalue weighted by atomic mass is 10.1. The van der Waals surface area contributed by atoms with Crippen molar-refractivity contribution in [1.29, 1.82) is 0 Å². The summed E-state index contributed by atoms with van der Waals surface area (Å²) in [6.45, 7) is 4.35. The number of pyridine rings is 1. The lowest BCUT2D eigenvalue weighted by molar-refractivity contribution is 0.102. The number of hydrogen-bond donors (Lipinski definition) is 2. The van der Waals surface area contributed by atoms with Gasteiger partial charge in [0.1, 0.15) is 5.69 Å². The summed E-state index contributed by atoms with van der Waals surface area (Å²) in [4.78, 5) is 16.2. The third kappa shape index (κ3) is 2.98. The maximum absolute atomic E-state index is 12.1. The maximum atomic E-state index is 12.1. The van der Waals surface area contributed by atoms with Gasteiger partial charge in [-0.2, -0.15) is 0 Å². The summed E-state index contributed by atoms with van der Waals surface area (Å²) in [6, 6.07) is 9.40. The average Bonchev–Trinajstić information content (AvgIpc) is 2.43. The first kappa shape index (κ1) is 13.2. The number of aromatic nitrogens is 1. The Morgan fingerprint density at radius 1 is 1.21 bits per heavy atom. The van der Waals surface area contributed by atoms with Crippen LogP contribution in [-0.4, -0.2) is 10.9 Å². The number of aryl methyl sites for hydroxylation is 2. The molecule has 0 spiro atoms. The fourth-order valence-electron chi connectivity index (χ4n) is 1.87. The largest absolute Gasteiger partial charge is 0.326 e. The van der Waals surface area contributed by atoms with Gasteiger partial charge in [0.25, 0.3) is 5.91 Å². The minimum absolute atomic E-state index is 0.207. The average molecular weight is 255 g/mol. The molecule has 1 amide bonds. The molecule has 0 fully saturated rings. The van der Waals surface area contributed by atoms with Crippen LogP contribution in [-0.2, 0) is 6.54 Å². The van der Waals surface area contributed by atoms with Crippen molar-refractivity contribution in [2.45, 2.75) is 20.4 Å². The highest BCUT2D eigenvalue weighted by Gasteiger charge is 2.10. The Hall–Kier alpha value is -2.20. The van der Waals surface area contributed by atoms with Gasteiger partial charge in [0.15, 0.2) is 0 Å². The monoisotopic (exact) mass is 255 g/mol. The second-order valence-electron chi connectivity index (χ2n) is 4.48. The summed E-state index contributed by atoms with van der Waals surface area (Å²) >= 11 is 0. The minimum Gasteiger partial charge on any atom is -0.326 e. The van der Waals surface area contributed by atoms with Crippen molar-refractivity contribution in [3.05, 3.63) is 58.9 Å². The predicted molar refractivity (Wildman–Crippen MR) is 76.0 cm³/mol. The van der Waals surface area contributed by atoms with E-state index in [-0.39, 0.29) is 5.91 Å². The Morgan fingerprint density at radius 2 is 1.89 bits per heavy atom. The Balaban J connectivity index is 2.20. The summed E-state index contributed by atoms with van der Waals surface area (Å²) < 4.78 is 0. The summed E-state index contributed by atoms with van der Waals surface area (Å²) in [6.07, 6.45) is 1.62. The molecule has 0 atom stereocenters. The Kier molecular flexibility index (Phi) is 3.92.